The summed E-state index contributed by atoms with van der Waals surface area (Å²) in [6.45, 7) is 1.72. The smallest absolute Gasteiger partial charge is 0.253 e. The minimum Gasteiger partial charge on any atom is -0.348 e. The van der Waals surface area contributed by atoms with Crippen molar-refractivity contribution in [3.63, 3.8) is 0 Å². The van der Waals surface area contributed by atoms with Gasteiger partial charge in [-0.25, -0.2) is 4.98 Å². The number of nitrogens with one attached hydrogen (secondary N) is 1. The van der Waals surface area contributed by atoms with Gasteiger partial charge in [0, 0.05) is 55.3 Å². The van der Waals surface area contributed by atoms with Crippen molar-refractivity contribution in [2.45, 2.75) is 18.9 Å². The van der Waals surface area contributed by atoms with Crippen LogP contribution in [0.15, 0.2) is 79.3 Å². The molecule has 0 spiro atoms. The number of benzene rings is 2. The summed E-state index contributed by atoms with van der Waals surface area (Å²) in [6, 6.07) is 20.4. The molecule has 1 N–H and O–H groups in total. The van der Waals surface area contributed by atoms with E-state index in [9.17, 15) is 9.59 Å². The lowest BCUT2D eigenvalue weighted by Crippen LogP contribution is -2.28. The molecule has 168 valence electrons. The number of nitrogens with zero attached hydrogens (tertiary/aromatic N) is 4. The molecule has 34 heavy (non-hydrogen) atoms. The summed E-state index contributed by atoms with van der Waals surface area (Å²) in [5.74, 6) is 0.0426. The molecule has 1 unspecified atom stereocenters. The van der Waals surface area contributed by atoms with E-state index >= 15 is 0 Å². The molecule has 3 heterocycles. The van der Waals surface area contributed by atoms with Gasteiger partial charge in [-0.15, -0.1) is 0 Å². The zero-order valence-electron chi connectivity index (χ0n) is 18.5. The van der Waals surface area contributed by atoms with Gasteiger partial charge in [-0.05, 0) is 60.0 Å². The summed E-state index contributed by atoms with van der Waals surface area (Å²) >= 11 is 0. The number of amides is 2. The van der Waals surface area contributed by atoms with Crippen LogP contribution in [0.5, 0.6) is 0 Å². The topological polar surface area (TPSA) is 90.5 Å². The predicted molar refractivity (Wildman–Crippen MR) is 127 cm³/mol. The second-order valence-corrected chi connectivity index (χ2v) is 8.46. The number of nitriles is 1. The first-order chi connectivity index (χ1) is 16.6. The van der Waals surface area contributed by atoms with Crippen LogP contribution >= 0.6 is 0 Å². The molecule has 4 aromatic rings. The molecule has 1 atom stereocenters. The van der Waals surface area contributed by atoms with Crippen LogP contribution in [0.25, 0.3) is 5.65 Å². The standard InChI is InChI=1S/C27H23N5O2/c28-16-19-2-1-3-23(14-19)27(34)32-12-9-24(18-32)21-4-6-22(7-5-21)26(33)30-17-20-8-11-31-13-10-29-25(31)15-20/h1-8,10-11,13-15,24H,9,12,17-18H2,(H,30,33). The molecular formula is C27H23N5O2. The minimum absolute atomic E-state index is 0.0517. The maximum absolute atomic E-state index is 12.8. The maximum atomic E-state index is 12.8. The Balaban J connectivity index is 1.18. The third-order valence-corrected chi connectivity index (χ3v) is 6.27. The van der Waals surface area contributed by atoms with Gasteiger partial charge in [0.25, 0.3) is 11.8 Å². The van der Waals surface area contributed by atoms with Crippen molar-refractivity contribution in [3.8, 4) is 6.07 Å². The average Bonchev–Trinajstić information content (AvgIpc) is 3.56. The summed E-state index contributed by atoms with van der Waals surface area (Å²) in [5, 5.41) is 12.0. The predicted octanol–water partition coefficient (Wildman–Crippen LogP) is 3.77. The number of likely N-dealkylation sites (tertiary alicyclic amines) is 1. The van der Waals surface area contributed by atoms with Crippen molar-refractivity contribution in [2.24, 2.45) is 0 Å². The highest BCUT2D eigenvalue weighted by molar-refractivity contribution is 5.95. The number of aromatic nitrogens is 2. The van der Waals surface area contributed by atoms with Crippen LogP contribution in [0.1, 0.15) is 49.7 Å². The molecule has 7 heteroatoms. The molecule has 0 bridgehead atoms. The Hall–Kier alpha value is -4.44. The second-order valence-electron chi connectivity index (χ2n) is 8.46. The van der Waals surface area contributed by atoms with E-state index in [0.717, 1.165) is 23.2 Å². The Labute approximate surface area is 197 Å². The first-order valence-electron chi connectivity index (χ1n) is 11.2. The van der Waals surface area contributed by atoms with Crippen molar-refractivity contribution in [1.29, 1.82) is 5.26 Å². The lowest BCUT2D eigenvalue weighted by molar-refractivity contribution is 0.0790. The molecule has 1 fully saturated rings. The van der Waals surface area contributed by atoms with Gasteiger partial charge < -0.3 is 14.6 Å². The molecule has 0 radical (unpaired) electrons. The van der Waals surface area contributed by atoms with Gasteiger partial charge >= 0.3 is 0 Å². The average molecular weight is 450 g/mol. The van der Waals surface area contributed by atoms with Crippen molar-refractivity contribution in [1.82, 2.24) is 19.6 Å². The molecule has 0 saturated carbocycles. The number of hydrogen-bond acceptors (Lipinski definition) is 4. The van der Waals surface area contributed by atoms with Gasteiger partial charge in [0.1, 0.15) is 5.65 Å². The highest BCUT2D eigenvalue weighted by Gasteiger charge is 2.28. The van der Waals surface area contributed by atoms with Crippen LogP contribution in [0.2, 0.25) is 0 Å². The second kappa shape index (κ2) is 9.20. The van der Waals surface area contributed by atoms with Gasteiger partial charge in [-0.1, -0.05) is 18.2 Å². The summed E-state index contributed by atoms with van der Waals surface area (Å²) in [7, 11) is 0. The van der Waals surface area contributed by atoms with Crippen LogP contribution in [0.3, 0.4) is 0 Å². The molecular weight excluding hydrogens is 426 g/mol. The van der Waals surface area contributed by atoms with E-state index in [1.807, 2.05) is 58.1 Å². The monoisotopic (exact) mass is 449 g/mol. The summed E-state index contributed by atoms with van der Waals surface area (Å²) in [5.41, 5.74) is 4.57. The van der Waals surface area contributed by atoms with E-state index in [1.54, 1.807) is 30.5 Å². The van der Waals surface area contributed by atoms with Crippen molar-refractivity contribution < 1.29 is 9.59 Å². The van der Waals surface area contributed by atoms with Crippen molar-refractivity contribution >= 4 is 17.5 Å². The minimum atomic E-state index is -0.129. The Morgan fingerprint density at radius 1 is 1.06 bits per heavy atom. The van der Waals surface area contributed by atoms with Gasteiger partial charge in [0.15, 0.2) is 0 Å². The third-order valence-electron chi connectivity index (χ3n) is 6.27. The Morgan fingerprint density at radius 3 is 2.74 bits per heavy atom. The molecule has 1 aliphatic rings. The Kier molecular flexibility index (Phi) is 5.79. The van der Waals surface area contributed by atoms with E-state index in [-0.39, 0.29) is 17.7 Å². The number of rotatable bonds is 5. The fourth-order valence-electron chi connectivity index (χ4n) is 4.37. The fraction of sp³-hybridized carbons (Fsp3) is 0.185. The van der Waals surface area contributed by atoms with Gasteiger partial charge in [-0.3, -0.25) is 9.59 Å². The molecule has 7 nitrogen and oxygen atoms in total. The van der Waals surface area contributed by atoms with Gasteiger partial charge in [-0.2, -0.15) is 5.26 Å². The normalized spacial score (nSPS) is 15.3. The number of imidazole rings is 1. The molecule has 2 amide bonds. The number of fused-ring (bicyclic) bond motifs is 1. The van der Waals surface area contributed by atoms with Crippen LogP contribution in [0, 0.1) is 11.3 Å². The van der Waals surface area contributed by atoms with E-state index in [1.165, 1.54) is 0 Å². The molecule has 0 aliphatic carbocycles. The van der Waals surface area contributed by atoms with E-state index in [4.69, 9.17) is 5.26 Å². The highest BCUT2D eigenvalue weighted by Crippen LogP contribution is 2.28. The number of pyridine rings is 1. The summed E-state index contributed by atoms with van der Waals surface area (Å²) in [4.78, 5) is 31.5. The Bertz CT molecular complexity index is 1400. The van der Waals surface area contributed by atoms with Crippen LogP contribution in [-0.4, -0.2) is 39.2 Å². The lowest BCUT2D eigenvalue weighted by Gasteiger charge is -2.17. The van der Waals surface area contributed by atoms with Gasteiger partial charge in [0.05, 0.1) is 11.6 Å². The van der Waals surface area contributed by atoms with Gasteiger partial charge in [0.2, 0.25) is 0 Å². The lowest BCUT2D eigenvalue weighted by atomic mass is 9.97. The van der Waals surface area contributed by atoms with E-state index < -0.39 is 0 Å². The largest absolute Gasteiger partial charge is 0.348 e. The third kappa shape index (κ3) is 4.39. The fourth-order valence-corrected chi connectivity index (χ4v) is 4.37. The summed E-state index contributed by atoms with van der Waals surface area (Å²) < 4.78 is 1.92. The van der Waals surface area contributed by atoms with Crippen LogP contribution in [-0.2, 0) is 6.54 Å². The first kappa shape index (κ1) is 21.4. The van der Waals surface area contributed by atoms with Crippen LogP contribution < -0.4 is 5.32 Å². The molecule has 2 aromatic heterocycles. The number of hydrogen-bond donors (Lipinski definition) is 1. The quantitative estimate of drug-likeness (QED) is 0.502. The van der Waals surface area contributed by atoms with Crippen molar-refractivity contribution in [2.75, 3.05) is 13.1 Å². The van der Waals surface area contributed by atoms with Crippen molar-refractivity contribution in [3.05, 3.63) is 107 Å². The van der Waals surface area contributed by atoms with E-state index in [0.29, 0.717) is 36.3 Å². The molecule has 1 saturated heterocycles. The SMILES string of the molecule is N#Cc1cccc(C(=O)N2CCC(c3ccc(C(=O)NCc4ccn5ccnc5c4)cc3)C2)c1. The maximum Gasteiger partial charge on any atom is 0.253 e. The zero-order chi connectivity index (χ0) is 23.5. The number of carbonyl (C=O) groups is 2. The first-order valence-corrected chi connectivity index (χ1v) is 11.2. The molecule has 5 rings (SSSR count). The summed E-state index contributed by atoms with van der Waals surface area (Å²) in [6.07, 6.45) is 6.41. The highest BCUT2D eigenvalue weighted by atomic mass is 16.2. The Morgan fingerprint density at radius 2 is 1.91 bits per heavy atom. The number of carbonyl (C=O) groups excluding carboxylic acids is 2. The molecule has 2 aromatic carbocycles. The van der Waals surface area contributed by atoms with E-state index in [2.05, 4.69) is 16.4 Å². The molecule has 1 aliphatic heterocycles. The zero-order valence-corrected chi connectivity index (χ0v) is 18.5. The van der Waals surface area contributed by atoms with Crippen LogP contribution in [0.4, 0.5) is 0 Å².